The zero-order valence-electron chi connectivity index (χ0n) is 11.3. The number of halogens is 1. The topological polar surface area (TPSA) is 20.3 Å². The van der Waals surface area contributed by atoms with Gasteiger partial charge in [0.2, 0.25) is 5.91 Å². The van der Waals surface area contributed by atoms with Crippen LogP contribution in [0.3, 0.4) is 0 Å². The van der Waals surface area contributed by atoms with Crippen LogP contribution in [0.15, 0.2) is 0 Å². The Kier molecular flexibility index (Phi) is 3.34. The lowest BCUT2D eigenvalue weighted by molar-refractivity contribution is -0.147. The van der Waals surface area contributed by atoms with E-state index >= 15 is 0 Å². The maximum absolute atomic E-state index is 12.9. The molecule has 2 unspecified atom stereocenters. The molecular formula is C15H24ClNO. The zero-order chi connectivity index (χ0) is 12.8. The Bertz CT molecular complexity index is 323. The molecule has 2 heterocycles. The van der Waals surface area contributed by atoms with Gasteiger partial charge in [-0.25, -0.2) is 0 Å². The second kappa shape index (κ2) is 4.70. The van der Waals surface area contributed by atoms with Gasteiger partial charge in [-0.3, -0.25) is 4.79 Å². The van der Waals surface area contributed by atoms with Crippen LogP contribution in [0.1, 0.15) is 64.7 Å². The predicted molar refractivity (Wildman–Crippen MR) is 73.7 cm³/mol. The summed E-state index contributed by atoms with van der Waals surface area (Å²) >= 11 is 6.30. The fraction of sp³-hybridized carbons (Fsp3) is 0.933. The average molecular weight is 270 g/mol. The summed E-state index contributed by atoms with van der Waals surface area (Å²) in [7, 11) is 0. The van der Waals surface area contributed by atoms with Crippen molar-refractivity contribution in [3.8, 4) is 0 Å². The third kappa shape index (κ3) is 2.07. The molecule has 1 amide bonds. The van der Waals surface area contributed by atoms with Crippen LogP contribution in [0, 0.1) is 5.41 Å². The van der Waals surface area contributed by atoms with Crippen molar-refractivity contribution in [1.29, 1.82) is 0 Å². The molecule has 1 saturated carbocycles. The van der Waals surface area contributed by atoms with Crippen LogP contribution < -0.4 is 0 Å². The molecule has 0 aromatic rings. The quantitative estimate of drug-likeness (QED) is 0.665. The summed E-state index contributed by atoms with van der Waals surface area (Å²) in [4.78, 5) is 15.2. The van der Waals surface area contributed by atoms with E-state index in [4.69, 9.17) is 11.6 Å². The van der Waals surface area contributed by atoms with Gasteiger partial charge in [-0.05, 0) is 38.5 Å². The number of fused-ring (bicyclic) bond motifs is 2. The Balaban J connectivity index is 1.76. The number of hydrogen-bond acceptors (Lipinski definition) is 1. The Morgan fingerprint density at radius 1 is 1.11 bits per heavy atom. The summed E-state index contributed by atoms with van der Waals surface area (Å²) in [6.45, 7) is 2.20. The number of carbonyl (C=O) groups is 1. The van der Waals surface area contributed by atoms with Crippen molar-refractivity contribution in [2.45, 2.75) is 82.2 Å². The SMILES string of the molecule is CC1(C(=O)N2C3CCC2CC(Cl)C3)CCCCC1. The van der Waals surface area contributed by atoms with Gasteiger partial charge in [-0.15, -0.1) is 11.6 Å². The van der Waals surface area contributed by atoms with Crippen LogP contribution >= 0.6 is 11.6 Å². The van der Waals surface area contributed by atoms with Crippen LogP contribution in [0.4, 0.5) is 0 Å². The smallest absolute Gasteiger partial charge is 0.229 e. The monoisotopic (exact) mass is 269 g/mol. The number of hydrogen-bond donors (Lipinski definition) is 0. The standard InChI is InChI=1S/C15H24ClNO/c1-15(7-3-2-4-8-15)14(18)17-12-5-6-13(17)10-11(16)9-12/h11-13H,2-10H2,1H3. The lowest BCUT2D eigenvalue weighted by atomic mass is 9.74. The first-order valence-corrected chi connectivity index (χ1v) is 8.01. The van der Waals surface area contributed by atoms with E-state index in [9.17, 15) is 4.79 Å². The number of carbonyl (C=O) groups excluding carboxylic acids is 1. The molecule has 3 fully saturated rings. The van der Waals surface area contributed by atoms with Gasteiger partial charge in [-0.2, -0.15) is 0 Å². The lowest BCUT2D eigenvalue weighted by Gasteiger charge is -2.43. The van der Waals surface area contributed by atoms with Gasteiger partial charge in [0.25, 0.3) is 0 Å². The van der Waals surface area contributed by atoms with Gasteiger partial charge in [-0.1, -0.05) is 26.2 Å². The molecule has 0 aromatic heterocycles. The van der Waals surface area contributed by atoms with E-state index in [0.29, 0.717) is 23.4 Å². The highest BCUT2D eigenvalue weighted by Crippen LogP contribution is 2.44. The van der Waals surface area contributed by atoms with Crippen molar-refractivity contribution < 1.29 is 4.79 Å². The van der Waals surface area contributed by atoms with Gasteiger partial charge < -0.3 is 4.90 Å². The minimum absolute atomic E-state index is 0.0712. The van der Waals surface area contributed by atoms with E-state index in [1.807, 2.05) is 0 Å². The summed E-state index contributed by atoms with van der Waals surface area (Å²) in [5.41, 5.74) is -0.0712. The average Bonchev–Trinajstić information content (AvgIpc) is 2.61. The maximum Gasteiger partial charge on any atom is 0.229 e. The van der Waals surface area contributed by atoms with Crippen molar-refractivity contribution in [3.63, 3.8) is 0 Å². The molecule has 0 spiro atoms. The molecule has 2 aliphatic heterocycles. The maximum atomic E-state index is 12.9. The Morgan fingerprint density at radius 2 is 1.67 bits per heavy atom. The summed E-state index contributed by atoms with van der Waals surface area (Å²) in [5, 5.41) is 0.297. The van der Waals surface area contributed by atoms with Crippen LogP contribution in [0.25, 0.3) is 0 Å². The fourth-order valence-corrected chi connectivity index (χ4v) is 4.71. The molecule has 2 nitrogen and oxygen atoms in total. The summed E-state index contributed by atoms with van der Waals surface area (Å²) in [6, 6.07) is 0.884. The highest BCUT2D eigenvalue weighted by molar-refractivity contribution is 6.20. The van der Waals surface area contributed by atoms with E-state index < -0.39 is 0 Å². The van der Waals surface area contributed by atoms with Gasteiger partial charge in [0, 0.05) is 22.9 Å². The minimum Gasteiger partial charge on any atom is -0.336 e. The first-order valence-electron chi connectivity index (χ1n) is 7.57. The molecule has 3 heteroatoms. The van der Waals surface area contributed by atoms with E-state index in [2.05, 4.69) is 11.8 Å². The van der Waals surface area contributed by atoms with E-state index in [0.717, 1.165) is 25.7 Å². The van der Waals surface area contributed by atoms with Gasteiger partial charge >= 0.3 is 0 Å². The van der Waals surface area contributed by atoms with Gasteiger partial charge in [0.1, 0.15) is 0 Å². The molecule has 2 saturated heterocycles. The van der Waals surface area contributed by atoms with Crippen molar-refractivity contribution in [2.75, 3.05) is 0 Å². The summed E-state index contributed by atoms with van der Waals surface area (Å²) in [6.07, 6.45) is 10.3. The van der Waals surface area contributed by atoms with Crippen molar-refractivity contribution in [2.24, 2.45) is 5.41 Å². The molecule has 0 aromatic carbocycles. The van der Waals surface area contributed by atoms with E-state index in [1.54, 1.807) is 0 Å². The van der Waals surface area contributed by atoms with Gasteiger partial charge in [0.15, 0.2) is 0 Å². The predicted octanol–water partition coefficient (Wildman–Crippen LogP) is 3.72. The fourth-order valence-electron chi connectivity index (χ4n) is 4.30. The third-order valence-corrected chi connectivity index (χ3v) is 5.74. The molecule has 0 radical (unpaired) electrons. The first kappa shape index (κ1) is 12.8. The van der Waals surface area contributed by atoms with Gasteiger partial charge in [0.05, 0.1) is 0 Å². The Hall–Kier alpha value is -0.240. The lowest BCUT2D eigenvalue weighted by Crippen LogP contribution is -2.52. The van der Waals surface area contributed by atoms with E-state index in [1.165, 1.54) is 32.1 Å². The van der Waals surface area contributed by atoms with Crippen LogP contribution in [0.5, 0.6) is 0 Å². The molecule has 2 bridgehead atoms. The molecule has 2 atom stereocenters. The number of piperidine rings is 1. The number of nitrogens with zero attached hydrogens (tertiary/aromatic N) is 1. The van der Waals surface area contributed by atoms with Crippen LogP contribution in [-0.4, -0.2) is 28.3 Å². The third-order valence-electron chi connectivity index (χ3n) is 5.38. The van der Waals surface area contributed by atoms with Crippen molar-refractivity contribution >= 4 is 17.5 Å². The molecule has 1 aliphatic carbocycles. The highest BCUT2D eigenvalue weighted by Gasteiger charge is 2.47. The highest BCUT2D eigenvalue weighted by atomic mass is 35.5. The summed E-state index contributed by atoms with van der Waals surface area (Å²) in [5.74, 6) is 0.443. The Morgan fingerprint density at radius 3 is 2.22 bits per heavy atom. The number of alkyl halides is 1. The molecule has 3 aliphatic rings. The zero-order valence-corrected chi connectivity index (χ0v) is 12.1. The second-order valence-corrected chi connectivity index (χ2v) is 7.40. The second-order valence-electron chi connectivity index (χ2n) is 6.79. The molecule has 0 N–H and O–H groups in total. The van der Waals surface area contributed by atoms with Crippen molar-refractivity contribution in [1.82, 2.24) is 4.90 Å². The molecule has 18 heavy (non-hydrogen) atoms. The molecule has 3 rings (SSSR count). The first-order chi connectivity index (χ1) is 8.60. The summed E-state index contributed by atoms with van der Waals surface area (Å²) < 4.78 is 0. The minimum atomic E-state index is -0.0712. The normalized spacial score (nSPS) is 38.8. The number of rotatable bonds is 1. The van der Waals surface area contributed by atoms with Crippen molar-refractivity contribution in [3.05, 3.63) is 0 Å². The van der Waals surface area contributed by atoms with E-state index in [-0.39, 0.29) is 5.41 Å². The largest absolute Gasteiger partial charge is 0.336 e. The van der Waals surface area contributed by atoms with Crippen LogP contribution in [-0.2, 0) is 4.79 Å². The van der Waals surface area contributed by atoms with Crippen LogP contribution in [0.2, 0.25) is 0 Å². The molecule has 102 valence electrons. The number of amides is 1. The Labute approximate surface area is 115 Å². The molecular weight excluding hydrogens is 246 g/mol.